The average molecular weight is 295 g/mol. The van der Waals surface area contributed by atoms with E-state index < -0.39 is 0 Å². The first-order chi connectivity index (χ1) is 10.3. The van der Waals surface area contributed by atoms with E-state index in [0.29, 0.717) is 23.9 Å². The molecule has 1 fully saturated rings. The number of ether oxygens (including phenoxy) is 4. The molecule has 0 amide bonds. The van der Waals surface area contributed by atoms with Gasteiger partial charge in [-0.15, -0.1) is 0 Å². The van der Waals surface area contributed by atoms with Gasteiger partial charge in [-0.25, -0.2) is 0 Å². The summed E-state index contributed by atoms with van der Waals surface area (Å²) in [5.74, 6) is 2.11. The number of rotatable bonds is 8. The summed E-state index contributed by atoms with van der Waals surface area (Å²) in [7, 11) is 3.28. The number of morpholine rings is 1. The first kappa shape index (κ1) is 15.9. The molecule has 0 saturated carbocycles. The molecule has 0 atom stereocenters. The van der Waals surface area contributed by atoms with Crippen molar-refractivity contribution < 1.29 is 18.9 Å². The third-order valence-electron chi connectivity index (χ3n) is 3.60. The molecule has 0 N–H and O–H groups in total. The van der Waals surface area contributed by atoms with Gasteiger partial charge in [0.1, 0.15) is 0 Å². The Kier molecular flexibility index (Phi) is 6.63. The van der Waals surface area contributed by atoms with Crippen LogP contribution in [0.4, 0.5) is 0 Å². The minimum Gasteiger partial charge on any atom is -0.493 e. The van der Waals surface area contributed by atoms with Crippen LogP contribution in [0.3, 0.4) is 0 Å². The predicted octanol–water partition coefficient (Wildman–Crippen LogP) is 2.20. The van der Waals surface area contributed by atoms with Gasteiger partial charge in [0.15, 0.2) is 11.5 Å². The summed E-state index contributed by atoms with van der Waals surface area (Å²) in [5.41, 5.74) is 0. The Labute approximate surface area is 126 Å². The lowest BCUT2D eigenvalue weighted by Crippen LogP contribution is -2.36. The van der Waals surface area contributed by atoms with Crippen LogP contribution < -0.4 is 14.2 Å². The van der Waals surface area contributed by atoms with Crippen molar-refractivity contribution >= 4 is 0 Å². The number of para-hydroxylation sites is 1. The maximum absolute atomic E-state index is 5.85. The van der Waals surface area contributed by atoms with E-state index in [1.807, 2.05) is 18.2 Å². The summed E-state index contributed by atoms with van der Waals surface area (Å²) in [4.78, 5) is 2.44. The largest absolute Gasteiger partial charge is 0.493 e. The molecule has 0 bridgehead atoms. The van der Waals surface area contributed by atoms with Gasteiger partial charge < -0.3 is 18.9 Å². The van der Waals surface area contributed by atoms with Crippen LogP contribution in [0.5, 0.6) is 17.2 Å². The second kappa shape index (κ2) is 8.74. The highest BCUT2D eigenvalue weighted by atomic mass is 16.5. The minimum absolute atomic E-state index is 0.668. The van der Waals surface area contributed by atoms with Crippen LogP contribution in [0.2, 0.25) is 0 Å². The quantitative estimate of drug-likeness (QED) is 0.688. The first-order valence-corrected chi connectivity index (χ1v) is 7.49. The van der Waals surface area contributed by atoms with Gasteiger partial charge in [0.25, 0.3) is 0 Å². The minimum atomic E-state index is 0.668. The number of hydrogen-bond acceptors (Lipinski definition) is 5. The van der Waals surface area contributed by atoms with Crippen molar-refractivity contribution in [3.05, 3.63) is 18.2 Å². The molecule has 1 aliphatic rings. The van der Waals surface area contributed by atoms with Crippen LogP contribution in [-0.4, -0.2) is 58.6 Å². The van der Waals surface area contributed by atoms with Crippen molar-refractivity contribution in [3.8, 4) is 17.2 Å². The Morgan fingerprint density at radius 1 is 1.05 bits per heavy atom. The third kappa shape index (κ3) is 4.79. The van der Waals surface area contributed by atoms with Crippen molar-refractivity contribution in [3.63, 3.8) is 0 Å². The molecule has 1 heterocycles. The lowest BCUT2D eigenvalue weighted by molar-refractivity contribution is 0.0367. The SMILES string of the molecule is COc1cccc(OC)c1OCCCCN1CCOCC1. The van der Waals surface area contributed by atoms with E-state index >= 15 is 0 Å². The molecule has 0 aromatic heterocycles. The summed E-state index contributed by atoms with van der Waals surface area (Å²) >= 11 is 0. The zero-order valence-corrected chi connectivity index (χ0v) is 13.0. The van der Waals surface area contributed by atoms with E-state index in [2.05, 4.69) is 4.90 Å². The number of benzene rings is 1. The van der Waals surface area contributed by atoms with Gasteiger partial charge >= 0.3 is 0 Å². The number of methoxy groups -OCH3 is 2. The smallest absolute Gasteiger partial charge is 0.203 e. The predicted molar refractivity (Wildman–Crippen MR) is 81.5 cm³/mol. The monoisotopic (exact) mass is 295 g/mol. The summed E-state index contributed by atoms with van der Waals surface area (Å²) in [6.45, 7) is 5.57. The Bertz CT molecular complexity index is 396. The van der Waals surface area contributed by atoms with E-state index in [0.717, 1.165) is 45.7 Å². The molecule has 1 aromatic rings. The van der Waals surface area contributed by atoms with Crippen molar-refractivity contribution in [1.29, 1.82) is 0 Å². The third-order valence-corrected chi connectivity index (χ3v) is 3.60. The van der Waals surface area contributed by atoms with Gasteiger partial charge in [0.05, 0.1) is 34.0 Å². The summed E-state index contributed by atoms with van der Waals surface area (Å²) in [6, 6.07) is 5.65. The Morgan fingerprint density at radius 2 is 1.71 bits per heavy atom. The van der Waals surface area contributed by atoms with Crippen molar-refractivity contribution in [2.45, 2.75) is 12.8 Å². The number of unbranched alkanes of at least 4 members (excludes halogenated alkanes) is 1. The van der Waals surface area contributed by atoms with Gasteiger partial charge in [-0.3, -0.25) is 4.90 Å². The normalized spacial score (nSPS) is 15.7. The second-order valence-electron chi connectivity index (χ2n) is 5.00. The fourth-order valence-electron chi connectivity index (χ4n) is 2.40. The molecular weight excluding hydrogens is 270 g/mol. The van der Waals surface area contributed by atoms with Crippen molar-refractivity contribution in [2.24, 2.45) is 0 Å². The molecule has 1 aliphatic heterocycles. The van der Waals surface area contributed by atoms with Gasteiger partial charge in [-0.2, -0.15) is 0 Å². The summed E-state index contributed by atoms with van der Waals surface area (Å²) in [5, 5.41) is 0. The fraction of sp³-hybridized carbons (Fsp3) is 0.625. The van der Waals surface area contributed by atoms with Crippen molar-refractivity contribution in [1.82, 2.24) is 4.90 Å². The maximum atomic E-state index is 5.85. The molecule has 0 spiro atoms. The van der Waals surface area contributed by atoms with Gasteiger partial charge in [-0.05, 0) is 31.5 Å². The molecule has 0 unspecified atom stereocenters. The molecule has 0 aliphatic carbocycles. The molecule has 21 heavy (non-hydrogen) atoms. The fourth-order valence-corrected chi connectivity index (χ4v) is 2.40. The molecule has 1 aromatic carbocycles. The average Bonchev–Trinajstić information content (AvgIpc) is 2.55. The van der Waals surface area contributed by atoms with Gasteiger partial charge in [-0.1, -0.05) is 6.07 Å². The van der Waals surface area contributed by atoms with E-state index in [1.165, 1.54) is 0 Å². The Morgan fingerprint density at radius 3 is 2.33 bits per heavy atom. The van der Waals surface area contributed by atoms with E-state index in [4.69, 9.17) is 18.9 Å². The zero-order chi connectivity index (χ0) is 14.9. The van der Waals surface area contributed by atoms with Crippen LogP contribution in [0.1, 0.15) is 12.8 Å². The van der Waals surface area contributed by atoms with E-state index in [1.54, 1.807) is 14.2 Å². The summed E-state index contributed by atoms with van der Waals surface area (Å²) in [6.07, 6.45) is 2.13. The maximum Gasteiger partial charge on any atom is 0.203 e. The molecule has 5 nitrogen and oxygen atoms in total. The van der Waals surface area contributed by atoms with Gasteiger partial charge in [0, 0.05) is 13.1 Å². The number of hydrogen-bond donors (Lipinski definition) is 0. The molecule has 2 rings (SSSR count). The lowest BCUT2D eigenvalue weighted by Gasteiger charge is -2.26. The van der Waals surface area contributed by atoms with E-state index in [9.17, 15) is 0 Å². The van der Waals surface area contributed by atoms with Crippen LogP contribution in [0.15, 0.2) is 18.2 Å². The van der Waals surface area contributed by atoms with E-state index in [-0.39, 0.29) is 0 Å². The molecular formula is C16H25NO4. The lowest BCUT2D eigenvalue weighted by atomic mass is 10.2. The second-order valence-corrected chi connectivity index (χ2v) is 5.00. The molecule has 0 radical (unpaired) electrons. The number of nitrogens with zero attached hydrogens (tertiary/aromatic N) is 1. The van der Waals surface area contributed by atoms with Crippen LogP contribution >= 0.6 is 0 Å². The van der Waals surface area contributed by atoms with Crippen LogP contribution in [0.25, 0.3) is 0 Å². The standard InChI is InChI=1S/C16H25NO4/c1-18-14-6-5-7-15(19-2)16(14)21-11-4-3-8-17-9-12-20-13-10-17/h5-7H,3-4,8-13H2,1-2H3. The highest BCUT2D eigenvalue weighted by molar-refractivity contribution is 5.51. The summed E-state index contributed by atoms with van der Waals surface area (Å²) < 4.78 is 21.8. The zero-order valence-electron chi connectivity index (χ0n) is 13.0. The molecule has 5 heteroatoms. The molecule has 1 saturated heterocycles. The topological polar surface area (TPSA) is 40.2 Å². The van der Waals surface area contributed by atoms with Crippen LogP contribution in [0, 0.1) is 0 Å². The molecule has 118 valence electrons. The Hall–Kier alpha value is -1.46. The van der Waals surface area contributed by atoms with Crippen molar-refractivity contribution in [2.75, 3.05) is 53.7 Å². The highest BCUT2D eigenvalue weighted by Gasteiger charge is 2.12. The van der Waals surface area contributed by atoms with Gasteiger partial charge in [0.2, 0.25) is 5.75 Å². The van der Waals surface area contributed by atoms with Crippen LogP contribution in [-0.2, 0) is 4.74 Å². The first-order valence-electron chi connectivity index (χ1n) is 7.49. The Balaban J connectivity index is 1.72. The highest BCUT2D eigenvalue weighted by Crippen LogP contribution is 2.36.